The monoisotopic (exact) mass is 399 g/mol. The van der Waals surface area contributed by atoms with Crippen LogP contribution in [0.25, 0.3) is 6.08 Å². The fourth-order valence-electron chi connectivity index (χ4n) is 3.18. The number of benzene rings is 2. The molecule has 0 atom stereocenters. The largest absolute Gasteiger partial charge is 0.495 e. The SMILES string of the molecule is COc1ccc(NC(=O)CN2CCN(C/C=C/c3ccccc3)CC2)cc1Cl. The number of ether oxygens (including phenoxy) is 1. The molecule has 1 N–H and O–H groups in total. The van der Waals surface area contributed by atoms with E-state index in [-0.39, 0.29) is 5.91 Å². The van der Waals surface area contributed by atoms with E-state index in [0.29, 0.717) is 23.0 Å². The first kappa shape index (κ1) is 20.4. The molecule has 2 aromatic rings. The lowest BCUT2D eigenvalue weighted by Gasteiger charge is -2.33. The fraction of sp³-hybridized carbons (Fsp3) is 0.318. The van der Waals surface area contributed by atoms with Crippen molar-refractivity contribution in [3.63, 3.8) is 0 Å². The number of hydrogen-bond acceptors (Lipinski definition) is 4. The van der Waals surface area contributed by atoms with E-state index in [4.69, 9.17) is 16.3 Å². The van der Waals surface area contributed by atoms with Crippen LogP contribution in [-0.2, 0) is 4.79 Å². The Morgan fingerprint density at radius 1 is 1.11 bits per heavy atom. The first-order chi connectivity index (χ1) is 13.6. The number of halogens is 1. The Morgan fingerprint density at radius 3 is 2.50 bits per heavy atom. The lowest BCUT2D eigenvalue weighted by atomic mass is 10.2. The van der Waals surface area contributed by atoms with Gasteiger partial charge in [0, 0.05) is 38.4 Å². The third kappa shape index (κ3) is 6.09. The highest BCUT2D eigenvalue weighted by Gasteiger charge is 2.18. The Kier molecular flexibility index (Phi) is 7.48. The van der Waals surface area contributed by atoms with Crippen molar-refractivity contribution in [3.8, 4) is 5.75 Å². The van der Waals surface area contributed by atoms with Crippen LogP contribution in [0.4, 0.5) is 5.69 Å². The van der Waals surface area contributed by atoms with Crippen LogP contribution in [0.3, 0.4) is 0 Å². The highest BCUT2D eigenvalue weighted by atomic mass is 35.5. The molecule has 0 aliphatic carbocycles. The maximum atomic E-state index is 12.3. The normalized spacial score (nSPS) is 15.6. The maximum absolute atomic E-state index is 12.3. The summed E-state index contributed by atoms with van der Waals surface area (Å²) < 4.78 is 5.13. The molecule has 148 valence electrons. The smallest absolute Gasteiger partial charge is 0.238 e. The summed E-state index contributed by atoms with van der Waals surface area (Å²) in [5.74, 6) is 0.566. The molecule has 6 heteroatoms. The molecule has 1 aliphatic heterocycles. The van der Waals surface area contributed by atoms with E-state index in [1.165, 1.54) is 5.56 Å². The zero-order chi connectivity index (χ0) is 19.8. The van der Waals surface area contributed by atoms with E-state index in [1.807, 2.05) is 18.2 Å². The van der Waals surface area contributed by atoms with Gasteiger partial charge in [0.2, 0.25) is 5.91 Å². The highest BCUT2D eigenvalue weighted by molar-refractivity contribution is 6.32. The van der Waals surface area contributed by atoms with Crippen molar-refractivity contribution < 1.29 is 9.53 Å². The number of carbonyl (C=O) groups is 1. The highest BCUT2D eigenvalue weighted by Crippen LogP contribution is 2.27. The summed E-state index contributed by atoms with van der Waals surface area (Å²) in [5, 5.41) is 3.38. The minimum absolute atomic E-state index is 0.0290. The molecule has 28 heavy (non-hydrogen) atoms. The molecular weight excluding hydrogens is 374 g/mol. The van der Waals surface area contributed by atoms with Crippen LogP contribution in [0.15, 0.2) is 54.6 Å². The molecule has 1 amide bonds. The first-order valence-corrected chi connectivity index (χ1v) is 9.81. The number of methoxy groups -OCH3 is 1. The molecule has 0 bridgehead atoms. The molecule has 0 aromatic heterocycles. The fourth-order valence-corrected chi connectivity index (χ4v) is 3.44. The van der Waals surface area contributed by atoms with E-state index < -0.39 is 0 Å². The molecule has 0 spiro atoms. The predicted molar refractivity (Wildman–Crippen MR) is 115 cm³/mol. The van der Waals surface area contributed by atoms with Gasteiger partial charge in [0.1, 0.15) is 5.75 Å². The zero-order valence-corrected chi connectivity index (χ0v) is 16.9. The van der Waals surface area contributed by atoms with Crippen molar-refractivity contribution in [1.29, 1.82) is 0 Å². The molecule has 1 saturated heterocycles. The quantitative estimate of drug-likeness (QED) is 0.772. The average molecular weight is 400 g/mol. The number of nitrogens with zero attached hydrogens (tertiary/aromatic N) is 2. The van der Waals surface area contributed by atoms with Crippen molar-refractivity contribution in [1.82, 2.24) is 9.80 Å². The summed E-state index contributed by atoms with van der Waals surface area (Å²) in [6, 6.07) is 15.6. The molecule has 3 rings (SSSR count). The van der Waals surface area contributed by atoms with Gasteiger partial charge in [-0.15, -0.1) is 0 Å². The van der Waals surface area contributed by atoms with Crippen LogP contribution in [0.2, 0.25) is 5.02 Å². The molecule has 5 nitrogen and oxygen atoms in total. The molecule has 0 radical (unpaired) electrons. The number of piperazine rings is 1. The Bertz CT molecular complexity index is 803. The van der Waals surface area contributed by atoms with Gasteiger partial charge in [-0.25, -0.2) is 0 Å². The molecule has 1 fully saturated rings. The lowest BCUT2D eigenvalue weighted by molar-refractivity contribution is -0.117. The van der Waals surface area contributed by atoms with Crippen molar-refractivity contribution >= 4 is 29.3 Å². The minimum atomic E-state index is -0.0290. The number of rotatable bonds is 7. The Hall–Kier alpha value is -2.34. The third-order valence-corrected chi connectivity index (χ3v) is 5.04. The van der Waals surface area contributed by atoms with Gasteiger partial charge in [0.15, 0.2) is 0 Å². The topological polar surface area (TPSA) is 44.8 Å². The Morgan fingerprint density at radius 2 is 1.82 bits per heavy atom. The van der Waals surface area contributed by atoms with Gasteiger partial charge < -0.3 is 10.1 Å². The van der Waals surface area contributed by atoms with Crippen LogP contribution in [-0.4, -0.2) is 62.1 Å². The van der Waals surface area contributed by atoms with Crippen molar-refractivity contribution in [2.24, 2.45) is 0 Å². The van der Waals surface area contributed by atoms with Crippen molar-refractivity contribution in [2.75, 3.05) is 51.7 Å². The van der Waals surface area contributed by atoms with Crippen molar-refractivity contribution in [3.05, 3.63) is 65.2 Å². The van der Waals surface area contributed by atoms with E-state index >= 15 is 0 Å². The van der Waals surface area contributed by atoms with E-state index in [2.05, 4.69) is 39.4 Å². The molecule has 0 unspecified atom stereocenters. The van der Waals surface area contributed by atoms with Crippen molar-refractivity contribution in [2.45, 2.75) is 0 Å². The summed E-state index contributed by atoms with van der Waals surface area (Å²) in [4.78, 5) is 16.9. The van der Waals surface area contributed by atoms with Gasteiger partial charge in [0.05, 0.1) is 18.7 Å². The summed E-state index contributed by atoms with van der Waals surface area (Å²) >= 11 is 6.10. The average Bonchev–Trinajstić information content (AvgIpc) is 2.70. The molecule has 1 heterocycles. The Balaban J connectivity index is 1.39. The number of anilines is 1. The van der Waals surface area contributed by atoms with Crippen LogP contribution >= 0.6 is 11.6 Å². The third-order valence-electron chi connectivity index (χ3n) is 4.74. The molecule has 1 aliphatic rings. The summed E-state index contributed by atoms with van der Waals surface area (Å²) in [6.45, 7) is 5.00. The summed E-state index contributed by atoms with van der Waals surface area (Å²) in [5.41, 5.74) is 1.90. The predicted octanol–water partition coefficient (Wildman–Crippen LogP) is 3.62. The second-order valence-electron chi connectivity index (χ2n) is 6.79. The van der Waals surface area contributed by atoms with Gasteiger partial charge in [-0.05, 0) is 23.8 Å². The van der Waals surface area contributed by atoms with Gasteiger partial charge in [-0.2, -0.15) is 0 Å². The van der Waals surface area contributed by atoms with Gasteiger partial charge in [-0.1, -0.05) is 54.1 Å². The zero-order valence-electron chi connectivity index (χ0n) is 16.1. The summed E-state index contributed by atoms with van der Waals surface area (Å²) in [7, 11) is 1.57. The molecule has 2 aromatic carbocycles. The van der Waals surface area contributed by atoms with E-state index in [1.54, 1.807) is 25.3 Å². The Labute approximate surface area is 171 Å². The molecule has 0 saturated carbocycles. The van der Waals surface area contributed by atoms with Crippen LogP contribution in [0.5, 0.6) is 5.75 Å². The maximum Gasteiger partial charge on any atom is 0.238 e. The standard InChI is InChI=1S/C22H26ClN3O2/c1-28-21-10-9-19(16-20(21)23)24-22(27)17-26-14-12-25(13-15-26)11-5-8-18-6-3-2-4-7-18/h2-10,16H,11-15,17H2,1H3,(H,24,27)/b8-5+. The van der Waals surface area contributed by atoms with E-state index in [0.717, 1.165) is 32.7 Å². The second kappa shape index (κ2) is 10.3. The number of nitrogens with one attached hydrogen (secondary N) is 1. The number of carbonyl (C=O) groups excluding carboxylic acids is 1. The number of amides is 1. The van der Waals surface area contributed by atoms with Gasteiger partial charge in [0.25, 0.3) is 0 Å². The summed E-state index contributed by atoms with van der Waals surface area (Å²) in [6.07, 6.45) is 4.35. The first-order valence-electron chi connectivity index (χ1n) is 9.44. The lowest BCUT2D eigenvalue weighted by Crippen LogP contribution is -2.48. The van der Waals surface area contributed by atoms with Crippen LogP contribution < -0.4 is 10.1 Å². The molecular formula is C22H26ClN3O2. The second-order valence-corrected chi connectivity index (χ2v) is 7.19. The van der Waals surface area contributed by atoms with Crippen LogP contribution in [0.1, 0.15) is 5.56 Å². The van der Waals surface area contributed by atoms with E-state index in [9.17, 15) is 4.79 Å². The van der Waals surface area contributed by atoms with Crippen LogP contribution in [0, 0.1) is 0 Å². The minimum Gasteiger partial charge on any atom is -0.495 e. The van der Waals surface area contributed by atoms with Gasteiger partial charge in [-0.3, -0.25) is 14.6 Å². The van der Waals surface area contributed by atoms with Gasteiger partial charge >= 0.3 is 0 Å². The number of hydrogen-bond donors (Lipinski definition) is 1.